The second-order valence-electron chi connectivity index (χ2n) is 5.41. The minimum Gasteiger partial charge on any atom is -0.389 e. The number of likely N-dealkylation sites (tertiary alicyclic amines) is 1. The monoisotopic (exact) mass is 247 g/mol. The summed E-state index contributed by atoms with van der Waals surface area (Å²) in [6.07, 6.45) is 5.96. The molecular weight excluding hydrogens is 226 g/mol. The van der Waals surface area contributed by atoms with Crippen molar-refractivity contribution < 1.29 is 13.5 Å². The number of hydrogen-bond acceptors (Lipinski definition) is 4. The summed E-state index contributed by atoms with van der Waals surface area (Å²) in [5.41, 5.74) is -0.549. The fourth-order valence-corrected chi connectivity index (χ4v) is 3.91. The van der Waals surface area contributed by atoms with Gasteiger partial charge in [-0.3, -0.25) is 4.90 Å². The first kappa shape index (κ1) is 12.3. The number of nitrogens with zero attached hydrogens (tertiary/aromatic N) is 1. The van der Waals surface area contributed by atoms with Crippen molar-refractivity contribution in [1.82, 2.24) is 4.90 Å². The summed E-state index contributed by atoms with van der Waals surface area (Å²) in [4.78, 5) is 2.11. The molecule has 0 aromatic carbocycles. The fourth-order valence-electron chi connectivity index (χ4n) is 2.90. The molecule has 1 saturated carbocycles. The largest absolute Gasteiger partial charge is 0.389 e. The smallest absolute Gasteiger partial charge is 0.151 e. The zero-order valence-electron chi connectivity index (χ0n) is 9.85. The predicted octanol–water partition coefficient (Wildman–Crippen LogP) is 0.410. The maximum atomic E-state index is 11.4. The van der Waals surface area contributed by atoms with E-state index in [1.165, 1.54) is 6.26 Å². The van der Waals surface area contributed by atoms with E-state index in [9.17, 15) is 13.5 Å². The van der Waals surface area contributed by atoms with E-state index in [-0.39, 0.29) is 5.25 Å². The van der Waals surface area contributed by atoms with Crippen molar-refractivity contribution in [2.45, 2.75) is 43.0 Å². The van der Waals surface area contributed by atoms with Crippen LogP contribution in [-0.2, 0) is 9.84 Å². The quantitative estimate of drug-likeness (QED) is 0.785. The van der Waals surface area contributed by atoms with Crippen molar-refractivity contribution in [1.29, 1.82) is 0 Å². The van der Waals surface area contributed by atoms with Gasteiger partial charge in [-0.05, 0) is 25.8 Å². The van der Waals surface area contributed by atoms with E-state index in [4.69, 9.17) is 0 Å². The maximum Gasteiger partial charge on any atom is 0.151 e. The first-order chi connectivity index (χ1) is 7.39. The Kier molecular flexibility index (Phi) is 3.29. The average molecular weight is 247 g/mol. The average Bonchev–Trinajstić information content (AvgIpc) is 2.74. The van der Waals surface area contributed by atoms with Gasteiger partial charge in [0.1, 0.15) is 0 Å². The van der Waals surface area contributed by atoms with E-state index in [1.54, 1.807) is 0 Å². The highest BCUT2D eigenvalue weighted by Crippen LogP contribution is 2.31. The van der Waals surface area contributed by atoms with Crippen molar-refractivity contribution in [2.24, 2.45) is 0 Å². The molecule has 16 heavy (non-hydrogen) atoms. The zero-order chi connectivity index (χ0) is 11.8. The van der Waals surface area contributed by atoms with Gasteiger partial charge in [0.2, 0.25) is 0 Å². The number of β-amino-alcohol motifs (C(OH)–C–C–N with tert-alkyl or cyclic N) is 1. The Morgan fingerprint density at radius 1 is 1.38 bits per heavy atom. The topological polar surface area (TPSA) is 57.6 Å². The van der Waals surface area contributed by atoms with Crippen molar-refractivity contribution >= 4 is 9.84 Å². The second-order valence-corrected chi connectivity index (χ2v) is 7.73. The normalized spacial score (nSPS) is 31.0. The van der Waals surface area contributed by atoms with Gasteiger partial charge < -0.3 is 5.11 Å². The first-order valence-electron chi connectivity index (χ1n) is 6.03. The lowest BCUT2D eigenvalue weighted by molar-refractivity contribution is 0.0158. The van der Waals surface area contributed by atoms with Gasteiger partial charge >= 0.3 is 0 Å². The Balaban J connectivity index is 1.90. The van der Waals surface area contributed by atoms with Crippen LogP contribution in [0.1, 0.15) is 32.1 Å². The highest BCUT2D eigenvalue weighted by atomic mass is 32.2. The summed E-state index contributed by atoms with van der Waals surface area (Å²) in [6.45, 7) is 2.06. The lowest BCUT2D eigenvalue weighted by atomic mass is 10.0. The molecule has 4 nitrogen and oxygen atoms in total. The molecule has 2 fully saturated rings. The van der Waals surface area contributed by atoms with Crippen LogP contribution < -0.4 is 0 Å². The van der Waals surface area contributed by atoms with E-state index in [2.05, 4.69) is 4.90 Å². The molecule has 1 aliphatic carbocycles. The lowest BCUT2D eigenvalue weighted by Gasteiger charge is -2.28. The van der Waals surface area contributed by atoms with Crippen LogP contribution in [0, 0.1) is 0 Å². The molecule has 0 radical (unpaired) electrons. The highest BCUT2D eigenvalue weighted by Gasteiger charge is 2.37. The maximum absolute atomic E-state index is 11.4. The van der Waals surface area contributed by atoms with Crippen LogP contribution in [0.5, 0.6) is 0 Å². The van der Waals surface area contributed by atoms with Crippen LogP contribution in [0.3, 0.4) is 0 Å². The minimum absolute atomic E-state index is 0.225. The van der Waals surface area contributed by atoms with E-state index >= 15 is 0 Å². The van der Waals surface area contributed by atoms with Gasteiger partial charge in [0, 0.05) is 19.3 Å². The fraction of sp³-hybridized carbons (Fsp3) is 1.00. The number of rotatable bonds is 3. The van der Waals surface area contributed by atoms with Crippen molar-refractivity contribution in [3.05, 3.63) is 0 Å². The first-order valence-corrected chi connectivity index (χ1v) is 7.98. The Morgan fingerprint density at radius 3 is 2.50 bits per heavy atom. The summed E-state index contributed by atoms with van der Waals surface area (Å²) in [6, 6.07) is 0. The third-order valence-corrected chi connectivity index (χ3v) is 5.48. The predicted molar refractivity (Wildman–Crippen MR) is 63.1 cm³/mol. The van der Waals surface area contributed by atoms with Crippen LogP contribution in [-0.4, -0.2) is 55.2 Å². The van der Waals surface area contributed by atoms with E-state index in [1.807, 2.05) is 0 Å². The number of aliphatic hydroxyl groups is 1. The van der Waals surface area contributed by atoms with Crippen molar-refractivity contribution in [2.75, 3.05) is 25.9 Å². The molecule has 2 aliphatic rings. The van der Waals surface area contributed by atoms with E-state index in [0.717, 1.165) is 38.6 Å². The molecule has 1 atom stereocenters. The van der Waals surface area contributed by atoms with Gasteiger partial charge in [-0.1, -0.05) is 12.8 Å². The third-order valence-electron chi connectivity index (χ3n) is 3.89. The number of hydrogen-bond donors (Lipinski definition) is 1. The lowest BCUT2D eigenvalue weighted by Crippen LogP contribution is -2.40. The van der Waals surface area contributed by atoms with Crippen LogP contribution in [0.25, 0.3) is 0 Å². The van der Waals surface area contributed by atoms with Gasteiger partial charge in [-0.2, -0.15) is 0 Å². The molecule has 1 heterocycles. The molecule has 0 amide bonds. The Hall–Kier alpha value is -0.130. The molecule has 0 aromatic rings. The van der Waals surface area contributed by atoms with Crippen LogP contribution in [0.2, 0.25) is 0 Å². The summed E-state index contributed by atoms with van der Waals surface area (Å²) in [7, 11) is -2.91. The Labute approximate surface area is 97.6 Å². The molecule has 1 unspecified atom stereocenters. The third kappa shape index (κ3) is 2.76. The molecule has 1 saturated heterocycles. The second kappa shape index (κ2) is 4.27. The van der Waals surface area contributed by atoms with Crippen molar-refractivity contribution in [3.8, 4) is 0 Å². The summed E-state index contributed by atoms with van der Waals surface area (Å²) in [5, 5.41) is 10.0. The van der Waals surface area contributed by atoms with Gasteiger partial charge in [0.05, 0.1) is 10.9 Å². The standard InChI is InChI=1S/C11H21NO3S/c1-16(14,15)10-4-7-12(8-10)9-11(13)5-2-3-6-11/h10,13H,2-9H2,1H3. The Bertz CT molecular complexity index is 346. The van der Waals surface area contributed by atoms with E-state index in [0.29, 0.717) is 13.1 Å². The molecule has 2 rings (SSSR count). The van der Waals surface area contributed by atoms with E-state index < -0.39 is 15.4 Å². The Morgan fingerprint density at radius 2 is 2.00 bits per heavy atom. The van der Waals surface area contributed by atoms with Crippen LogP contribution in [0.15, 0.2) is 0 Å². The molecule has 5 heteroatoms. The molecule has 0 bridgehead atoms. The van der Waals surface area contributed by atoms with Crippen LogP contribution in [0.4, 0.5) is 0 Å². The molecule has 1 N–H and O–H groups in total. The van der Waals surface area contributed by atoms with Gasteiger partial charge in [0.15, 0.2) is 9.84 Å². The molecular formula is C11H21NO3S. The molecule has 1 aliphatic heterocycles. The zero-order valence-corrected chi connectivity index (χ0v) is 10.7. The highest BCUT2D eigenvalue weighted by molar-refractivity contribution is 7.91. The van der Waals surface area contributed by atoms with Gasteiger partial charge in [-0.25, -0.2) is 8.42 Å². The van der Waals surface area contributed by atoms with Crippen LogP contribution >= 0.6 is 0 Å². The van der Waals surface area contributed by atoms with Gasteiger partial charge in [0.25, 0.3) is 0 Å². The summed E-state index contributed by atoms with van der Waals surface area (Å²) in [5.74, 6) is 0. The summed E-state index contributed by atoms with van der Waals surface area (Å²) < 4.78 is 22.8. The molecule has 94 valence electrons. The minimum atomic E-state index is -2.91. The molecule has 0 aromatic heterocycles. The van der Waals surface area contributed by atoms with Crippen molar-refractivity contribution in [3.63, 3.8) is 0 Å². The summed E-state index contributed by atoms with van der Waals surface area (Å²) >= 11 is 0. The SMILES string of the molecule is CS(=O)(=O)C1CCN(CC2(O)CCCC2)C1. The number of sulfone groups is 1. The molecule has 0 spiro atoms. The van der Waals surface area contributed by atoms with Gasteiger partial charge in [-0.15, -0.1) is 0 Å².